The van der Waals surface area contributed by atoms with Crippen molar-refractivity contribution >= 4 is 17.0 Å². The Kier molecular flexibility index (Phi) is 2.21. The lowest BCUT2D eigenvalue weighted by molar-refractivity contribution is -0.123. The maximum absolute atomic E-state index is 11.8. The van der Waals surface area contributed by atoms with E-state index in [0.29, 0.717) is 12.3 Å². The Balaban J connectivity index is 1.98. The lowest BCUT2D eigenvalue weighted by Crippen LogP contribution is -2.33. The van der Waals surface area contributed by atoms with Gasteiger partial charge in [-0.25, -0.2) is 4.98 Å². The van der Waals surface area contributed by atoms with E-state index in [2.05, 4.69) is 16.9 Å². The van der Waals surface area contributed by atoms with E-state index in [0.717, 1.165) is 23.2 Å². The minimum Gasteiger partial charge on any atom is -0.440 e. The summed E-state index contributed by atoms with van der Waals surface area (Å²) < 4.78 is 5.61. The fraction of sp³-hybridized carbons (Fsp3) is 0.231. The molecule has 0 spiro atoms. The van der Waals surface area contributed by atoms with Gasteiger partial charge in [-0.1, -0.05) is 18.7 Å². The van der Waals surface area contributed by atoms with E-state index < -0.39 is 0 Å². The van der Waals surface area contributed by atoms with E-state index in [4.69, 9.17) is 4.42 Å². The molecular weight excluding hydrogens is 216 g/mol. The van der Waals surface area contributed by atoms with E-state index >= 15 is 0 Å². The predicted octanol–water partition coefficient (Wildman–Crippen LogP) is 2.34. The third-order valence-electron chi connectivity index (χ3n) is 2.96. The first-order valence-electron chi connectivity index (χ1n) is 5.58. The molecule has 1 aromatic carbocycles. The molecule has 3 rings (SSSR count). The summed E-state index contributed by atoms with van der Waals surface area (Å²) in [6, 6.07) is 7.52. The first kappa shape index (κ1) is 10.1. The molecule has 4 heteroatoms. The largest absolute Gasteiger partial charge is 0.440 e. The molecule has 2 heterocycles. The molecule has 1 aromatic heterocycles. The number of rotatable bonds is 1. The van der Waals surface area contributed by atoms with Gasteiger partial charge in [0.2, 0.25) is 11.8 Å². The van der Waals surface area contributed by atoms with Gasteiger partial charge in [0.1, 0.15) is 11.4 Å². The fourth-order valence-corrected chi connectivity index (χ4v) is 2.05. The van der Waals surface area contributed by atoms with Gasteiger partial charge in [-0.05, 0) is 25.0 Å². The van der Waals surface area contributed by atoms with Crippen LogP contribution in [0.3, 0.4) is 0 Å². The normalized spacial score (nSPS) is 20.6. The highest BCUT2D eigenvalue weighted by atomic mass is 16.3. The molecule has 17 heavy (non-hydrogen) atoms. The number of carbonyl (C=O) groups excluding carboxylic acids is 1. The molecule has 86 valence electrons. The Morgan fingerprint density at radius 3 is 3.00 bits per heavy atom. The minimum absolute atomic E-state index is 0.0761. The van der Waals surface area contributed by atoms with E-state index in [9.17, 15) is 4.79 Å². The molecule has 4 nitrogen and oxygen atoms in total. The van der Waals surface area contributed by atoms with Gasteiger partial charge < -0.3 is 9.73 Å². The SMILES string of the molecule is C=C1CCC(c2nc3ccccc3o2)C(=O)N1. The lowest BCUT2D eigenvalue weighted by atomic mass is 9.97. The van der Waals surface area contributed by atoms with E-state index in [1.807, 2.05) is 24.3 Å². The summed E-state index contributed by atoms with van der Waals surface area (Å²) in [6.07, 6.45) is 1.48. The summed E-state index contributed by atoms with van der Waals surface area (Å²) >= 11 is 0. The van der Waals surface area contributed by atoms with Crippen molar-refractivity contribution in [2.45, 2.75) is 18.8 Å². The number of aromatic nitrogens is 1. The number of benzene rings is 1. The molecule has 1 aliphatic rings. The monoisotopic (exact) mass is 228 g/mol. The molecule has 2 aromatic rings. The van der Waals surface area contributed by atoms with Crippen LogP contribution in [-0.4, -0.2) is 10.9 Å². The van der Waals surface area contributed by atoms with Gasteiger partial charge in [0.15, 0.2) is 5.58 Å². The van der Waals surface area contributed by atoms with Crippen LogP contribution in [-0.2, 0) is 4.79 Å². The third kappa shape index (κ3) is 1.71. The zero-order valence-corrected chi connectivity index (χ0v) is 9.27. The van der Waals surface area contributed by atoms with Crippen molar-refractivity contribution in [2.75, 3.05) is 0 Å². The zero-order chi connectivity index (χ0) is 11.8. The molecule has 1 amide bonds. The van der Waals surface area contributed by atoms with Crippen LogP contribution in [0.25, 0.3) is 11.1 Å². The third-order valence-corrected chi connectivity index (χ3v) is 2.96. The topological polar surface area (TPSA) is 55.1 Å². The van der Waals surface area contributed by atoms with Crippen molar-refractivity contribution in [1.29, 1.82) is 0 Å². The number of hydrogen-bond acceptors (Lipinski definition) is 3. The highest BCUT2D eigenvalue weighted by Gasteiger charge is 2.29. The van der Waals surface area contributed by atoms with Crippen molar-refractivity contribution in [3.63, 3.8) is 0 Å². The lowest BCUT2D eigenvalue weighted by Gasteiger charge is -2.20. The number of allylic oxidation sites excluding steroid dienone is 1. The number of nitrogens with zero attached hydrogens (tertiary/aromatic N) is 1. The Labute approximate surface area is 98.3 Å². The second-order valence-electron chi connectivity index (χ2n) is 4.20. The number of oxazole rings is 1. The van der Waals surface area contributed by atoms with Crippen LogP contribution in [0.2, 0.25) is 0 Å². The van der Waals surface area contributed by atoms with Crippen LogP contribution in [0.15, 0.2) is 41.0 Å². The van der Waals surface area contributed by atoms with E-state index in [1.54, 1.807) is 0 Å². The highest BCUT2D eigenvalue weighted by Crippen LogP contribution is 2.28. The number of nitrogens with one attached hydrogen (secondary N) is 1. The van der Waals surface area contributed by atoms with Crippen LogP contribution >= 0.6 is 0 Å². The Morgan fingerprint density at radius 2 is 2.24 bits per heavy atom. The highest BCUT2D eigenvalue weighted by molar-refractivity contribution is 5.86. The van der Waals surface area contributed by atoms with Crippen molar-refractivity contribution in [2.24, 2.45) is 0 Å². The van der Waals surface area contributed by atoms with Crippen molar-refractivity contribution < 1.29 is 9.21 Å². The molecule has 1 N–H and O–H groups in total. The molecule has 0 radical (unpaired) electrons. The van der Waals surface area contributed by atoms with Crippen LogP contribution in [0.5, 0.6) is 0 Å². The second kappa shape index (κ2) is 3.73. The van der Waals surface area contributed by atoms with Crippen molar-refractivity contribution in [1.82, 2.24) is 10.3 Å². The zero-order valence-electron chi connectivity index (χ0n) is 9.27. The summed E-state index contributed by atoms with van der Waals surface area (Å²) in [5.41, 5.74) is 2.28. The molecule has 1 atom stereocenters. The maximum atomic E-state index is 11.8. The number of carbonyl (C=O) groups is 1. The molecule has 1 aliphatic heterocycles. The molecule has 1 fully saturated rings. The van der Waals surface area contributed by atoms with Crippen LogP contribution in [0, 0.1) is 0 Å². The summed E-state index contributed by atoms with van der Waals surface area (Å²) in [7, 11) is 0. The number of para-hydroxylation sites is 2. The summed E-state index contributed by atoms with van der Waals surface area (Å²) in [5, 5.41) is 2.74. The van der Waals surface area contributed by atoms with Gasteiger partial charge in [0.25, 0.3) is 0 Å². The van der Waals surface area contributed by atoms with E-state index in [-0.39, 0.29) is 11.8 Å². The molecule has 1 saturated heterocycles. The quantitative estimate of drug-likeness (QED) is 0.815. The molecule has 0 bridgehead atoms. The predicted molar refractivity (Wildman–Crippen MR) is 63.3 cm³/mol. The Hall–Kier alpha value is -2.10. The number of piperidine rings is 1. The van der Waals surface area contributed by atoms with Gasteiger partial charge in [-0.3, -0.25) is 4.79 Å². The summed E-state index contributed by atoms with van der Waals surface area (Å²) in [6.45, 7) is 3.75. The minimum atomic E-state index is -0.298. The number of hydrogen-bond donors (Lipinski definition) is 1. The van der Waals surface area contributed by atoms with Gasteiger partial charge >= 0.3 is 0 Å². The van der Waals surface area contributed by atoms with Crippen molar-refractivity contribution in [3.8, 4) is 0 Å². The Bertz CT molecular complexity index is 567. The smallest absolute Gasteiger partial charge is 0.236 e. The van der Waals surface area contributed by atoms with Crippen molar-refractivity contribution in [3.05, 3.63) is 42.4 Å². The fourth-order valence-electron chi connectivity index (χ4n) is 2.05. The number of fused-ring (bicyclic) bond motifs is 1. The van der Waals surface area contributed by atoms with Gasteiger partial charge in [-0.15, -0.1) is 0 Å². The standard InChI is InChI=1S/C13H12N2O2/c1-8-6-7-9(12(16)14-8)13-15-10-4-2-3-5-11(10)17-13/h2-5,9H,1,6-7H2,(H,14,16). The van der Waals surface area contributed by atoms with Gasteiger partial charge in [0, 0.05) is 5.70 Å². The Morgan fingerprint density at radius 1 is 1.41 bits per heavy atom. The summed E-state index contributed by atoms with van der Waals surface area (Å²) in [4.78, 5) is 16.2. The number of amides is 1. The second-order valence-corrected chi connectivity index (χ2v) is 4.20. The average molecular weight is 228 g/mol. The van der Waals surface area contributed by atoms with Crippen LogP contribution in [0.4, 0.5) is 0 Å². The molecule has 1 unspecified atom stereocenters. The van der Waals surface area contributed by atoms with Gasteiger partial charge in [-0.2, -0.15) is 0 Å². The first-order chi connectivity index (χ1) is 8.24. The maximum Gasteiger partial charge on any atom is 0.236 e. The van der Waals surface area contributed by atoms with Crippen LogP contribution in [0.1, 0.15) is 24.7 Å². The van der Waals surface area contributed by atoms with Gasteiger partial charge in [0.05, 0.1) is 0 Å². The molecule has 0 saturated carbocycles. The average Bonchev–Trinajstić information content (AvgIpc) is 2.72. The van der Waals surface area contributed by atoms with E-state index in [1.165, 1.54) is 0 Å². The van der Waals surface area contributed by atoms with Crippen LogP contribution < -0.4 is 5.32 Å². The molecular formula is C13H12N2O2. The summed E-state index contributed by atoms with van der Waals surface area (Å²) in [5.74, 6) is 0.122. The molecule has 0 aliphatic carbocycles. The first-order valence-corrected chi connectivity index (χ1v) is 5.58.